The number of unbranched alkanes of at least 4 members (excludes halogenated alkanes) is 1. The maximum atomic E-state index is 5.65. The molecule has 0 aliphatic carbocycles. The maximum absolute atomic E-state index is 5.65. The summed E-state index contributed by atoms with van der Waals surface area (Å²) in [5, 5.41) is 0. The van der Waals surface area contributed by atoms with Crippen molar-refractivity contribution in [3.63, 3.8) is 0 Å². The summed E-state index contributed by atoms with van der Waals surface area (Å²) >= 11 is 0. The smallest absolute Gasteiger partial charge is 0.119 e. The molecule has 0 unspecified atom stereocenters. The molecular weight excluding hydrogens is 224 g/mol. The Morgan fingerprint density at radius 1 is 1.17 bits per heavy atom. The number of rotatable bonds is 9. The third kappa shape index (κ3) is 5.52. The van der Waals surface area contributed by atoms with Crippen LogP contribution in [-0.4, -0.2) is 31.1 Å². The second kappa shape index (κ2) is 8.95. The van der Waals surface area contributed by atoms with Crippen LogP contribution in [0.5, 0.6) is 5.75 Å². The van der Waals surface area contributed by atoms with Crippen molar-refractivity contribution in [3.8, 4) is 5.75 Å². The molecule has 0 aliphatic rings. The number of nitrogens with zero attached hydrogens (tertiary/aromatic N) is 1. The van der Waals surface area contributed by atoms with Crippen molar-refractivity contribution in [2.75, 3.05) is 26.2 Å². The molecule has 0 atom stereocenters. The zero-order valence-corrected chi connectivity index (χ0v) is 11.7. The van der Waals surface area contributed by atoms with Crippen molar-refractivity contribution in [2.24, 2.45) is 5.73 Å². The van der Waals surface area contributed by atoms with Crippen LogP contribution in [-0.2, 0) is 6.54 Å². The predicted octanol–water partition coefficient (Wildman–Crippen LogP) is 2.65. The van der Waals surface area contributed by atoms with Crippen LogP contribution >= 0.6 is 0 Å². The summed E-state index contributed by atoms with van der Waals surface area (Å²) in [6.45, 7) is 8.80. The first-order chi connectivity index (χ1) is 8.80. The fourth-order valence-corrected chi connectivity index (χ4v) is 1.82. The molecule has 102 valence electrons. The minimum absolute atomic E-state index is 0.714. The fraction of sp³-hybridized carbons (Fsp3) is 0.600. The van der Waals surface area contributed by atoms with E-state index in [9.17, 15) is 0 Å². The Bertz CT molecular complexity index is 311. The average molecular weight is 250 g/mol. The highest BCUT2D eigenvalue weighted by Gasteiger charge is 2.02. The van der Waals surface area contributed by atoms with Gasteiger partial charge in [0.1, 0.15) is 5.75 Å². The molecule has 1 aromatic rings. The molecule has 0 aromatic heterocycles. The fourth-order valence-electron chi connectivity index (χ4n) is 1.82. The molecule has 0 saturated heterocycles. The Labute approximate surface area is 111 Å². The molecular formula is C15H26N2O. The van der Waals surface area contributed by atoms with Gasteiger partial charge in [0.2, 0.25) is 0 Å². The number of benzene rings is 1. The molecule has 0 radical (unpaired) electrons. The molecule has 0 heterocycles. The van der Waals surface area contributed by atoms with E-state index in [0.717, 1.165) is 38.4 Å². The van der Waals surface area contributed by atoms with Gasteiger partial charge >= 0.3 is 0 Å². The topological polar surface area (TPSA) is 38.5 Å². The molecule has 18 heavy (non-hydrogen) atoms. The van der Waals surface area contributed by atoms with Gasteiger partial charge in [0.15, 0.2) is 0 Å². The Kier molecular flexibility index (Phi) is 7.46. The summed E-state index contributed by atoms with van der Waals surface area (Å²) in [7, 11) is 0. The Morgan fingerprint density at radius 3 is 2.44 bits per heavy atom. The van der Waals surface area contributed by atoms with Gasteiger partial charge in [0, 0.05) is 19.6 Å². The van der Waals surface area contributed by atoms with Gasteiger partial charge in [-0.25, -0.2) is 0 Å². The van der Waals surface area contributed by atoms with Crippen molar-refractivity contribution >= 4 is 0 Å². The quantitative estimate of drug-likeness (QED) is 0.685. The van der Waals surface area contributed by atoms with E-state index in [-0.39, 0.29) is 0 Å². The van der Waals surface area contributed by atoms with Crippen LogP contribution in [0.2, 0.25) is 0 Å². The van der Waals surface area contributed by atoms with Gasteiger partial charge in [0.05, 0.1) is 6.61 Å². The molecule has 1 rings (SSSR count). The standard InChI is InChI=1S/C15H26N2O/c1-3-5-12-18-15-8-6-14(7-9-15)13-17(4-2)11-10-16/h6-9H,3-5,10-13,16H2,1-2H3. The van der Waals surface area contributed by atoms with E-state index >= 15 is 0 Å². The van der Waals surface area contributed by atoms with E-state index in [1.54, 1.807) is 0 Å². The summed E-state index contributed by atoms with van der Waals surface area (Å²) in [5.74, 6) is 0.967. The van der Waals surface area contributed by atoms with Gasteiger partial charge < -0.3 is 10.5 Å². The first kappa shape index (κ1) is 15.0. The zero-order chi connectivity index (χ0) is 13.2. The van der Waals surface area contributed by atoms with Gasteiger partial charge in [-0.05, 0) is 30.7 Å². The minimum Gasteiger partial charge on any atom is -0.494 e. The normalized spacial score (nSPS) is 10.9. The highest BCUT2D eigenvalue weighted by Crippen LogP contribution is 2.14. The second-order valence-corrected chi connectivity index (χ2v) is 4.50. The molecule has 2 N–H and O–H groups in total. The van der Waals surface area contributed by atoms with E-state index in [4.69, 9.17) is 10.5 Å². The van der Waals surface area contributed by atoms with Gasteiger partial charge in [-0.3, -0.25) is 4.90 Å². The molecule has 0 spiro atoms. The molecule has 1 aromatic carbocycles. The van der Waals surface area contributed by atoms with Gasteiger partial charge in [0.25, 0.3) is 0 Å². The highest BCUT2D eigenvalue weighted by molar-refractivity contribution is 5.27. The van der Waals surface area contributed by atoms with Crippen molar-refractivity contribution in [3.05, 3.63) is 29.8 Å². The van der Waals surface area contributed by atoms with Crippen molar-refractivity contribution in [2.45, 2.75) is 33.2 Å². The van der Waals surface area contributed by atoms with Crippen LogP contribution in [0, 0.1) is 0 Å². The van der Waals surface area contributed by atoms with Crippen LogP contribution < -0.4 is 10.5 Å². The van der Waals surface area contributed by atoms with Gasteiger partial charge in [-0.15, -0.1) is 0 Å². The first-order valence-corrected chi connectivity index (χ1v) is 6.94. The van der Waals surface area contributed by atoms with E-state index in [1.807, 2.05) is 0 Å². The molecule has 3 heteroatoms. The maximum Gasteiger partial charge on any atom is 0.119 e. The lowest BCUT2D eigenvalue weighted by Gasteiger charge is -2.19. The lowest BCUT2D eigenvalue weighted by atomic mass is 10.2. The van der Waals surface area contributed by atoms with Crippen LogP contribution in [0.3, 0.4) is 0 Å². The number of ether oxygens (including phenoxy) is 1. The number of likely N-dealkylation sites (N-methyl/N-ethyl adjacent to an activating group) is 1. The second-order valence-electron chi connectivity index (χ2n) is 4.50. The lowest BCUT2D eigenvalue weighted by molar-refractivity contribution is 0.287. The number of nitrogens with two attached hydrogens (primary N) is 1. The molecule has 0 saturated carbocycles. The van der Waals surface area contributed by atoms with E-state index in [2.05, 4.69) is 43.0 Å². The Morgan fingerprint density at radius 2 is 1.89 bits per heavy atom. The van der Waals surface area contributed by atoms with E-state index in [1.165, 1.54) is 12.0 Å². The molecule has 0 fully saturated rings. The number of hydrogen-bond acceptors (Lipinski definition) is 3. The van der Waals surface area contributed by atoms with Crippen LogP contribution in [0.1, 0.15) is 32.3 Å². The largest absolute Gasteiger partial charge is 0.494 e. The summed E-state index contributed by atoms with van der Waals surface area (Å²) in [5.41, 5.74) is 6.90. The van der Waals surface area contributed by atoms with Crippen molar-refractivity contribution in [1.29, 1.82) is 0 Å². The summed E-state index contributed by atoms with van der Waals surface area (Å²) in [4.78, 5) is 2.34. The van der Waals surface area contributed by atoms with Crippen LogP contribution in [0.15, 0.2) is 24.3 Å². The SMILES string of the molecule is CCCCOc1ccc(CN(CC)CCN)cc1. The Balaban J connectivity index is 2.43. The number of hydrogen-bond donors (Lipinski definition) is 1. The molecule has 0 amide bonds. The predicted molar refractivity (Wildman–Crippen MR) is 76.9 cm³/mol. The summed E-state index contributed by atoms with van der Waals surface area (Å²) in [6.07, 6.45) is 2.28. The van der Waals surface area contributed by atoms with E-state index in [0.29, 0.717) is 6.54 Å². The van der Waals surface area contributed by atoms with Crippen LogP contribution in [0.25, 0.3) is 0 Å². The molecule has 3 nitrogen and oxygen atoms in total. The molecule has 0 bridgehead atoms. The third-order valence-electron chi connectivity index (χ3n) is 2.99. The Hall–Kier alpha value is -1.06. The van der Waals surface area contributed by atoms with Gasteiger partial charge in [-0.1, -0.05) is 32.4 Å². The summed E-state index contributed by atoms with van der Waals surface area (Å²) < 4.78 is 5.65. The summed E-state index contributed by atoms with van der Waals surface area (Å²) in [6, 6.07) is 8.39. The first-order valence-electron chi connectivity index (χ1n) is 6.94. The molecule has 0 aliphatic heterocycles. The highest BCUT2D eigenvalue weighted by atomic mass is 16.5. The third-order valence-corrected chi connectivity index (χ3v) is 2.99. The average Bonchev–Trinajstić information content (AvgIpc) is 2.40. The van der Waals surface area contributed by atoms with Crippen molar-refractivity contribution in [1.82, 2.24) is 4.90 Å². The lowest BCUT2D eigenvalue weighted by Crippen LogP contribution is -2.28. The van der Waals surface area contributed by atoms with E-state index < -0.39 is 0 Å². The zero-order valence-electron chi connectivity index (χ0n) is 11.7. The van der Waals surface area contributed by atoms with Crippen LogP contribution in [0.4, 0.5) is 0 Å². The minimum atomic E-state index is 0.714. The monoisotopic (exact) mass is 250 g/mol. The van der Waals surface area contributed by atoms with Gasteiger partial charge in [-0.2, -0.15) is 0 Å². The van der Waals surface area contributed by atoms with Crippen molar-refractivity contribution < 1.29 is 4.74 Å².